The van der Waals surface area contributed by atoms with E-state index in [1.807, 2.05) is 6.26 Å². The van der Waals surface area contributed by atoms with Gasteiger partial charge in [0.25, 0.3) is 5.91 Å². The zero-order chi connectivity index (χ0) is 15.8. The van der Waals surface area contributed by atoms with Gasteiger partial charge in [0, 0.05) is 12.0 Å². The second-order valence-corrected chi connectivity index (χ2v) is 5.41. The number of hydrogen-bond acceptors (Lipinski definition) is 4. The van der Waals surface area contributed by atoms with Crippen molar-refractivity contribution in [3.05, 3.63) is 35.9 Å². The van der Waals surface area contributed by atoms with Gasteiger partial charge in [0.1, 0.15) is 6.04 Å². The molecule has 0 saturated heterocycles. The number of rotatable bonds is 7. The highest BCUT2D eigenvalue weighted by Gasteiger charge is 2.33. The Kier molecular flexibility index (Phi) is 6.94. The molecule has 1 aromatic carbocycles. The zero-order valence-corrected chi connectivity index (χ0v) is 12.9. The van der Waals surface area contributed by atoms with Crippen molar-refractivity contribution in [2.75, 3.05) is 12.0 Å². The Bertz CT molecular complexity index is 504. The molecule has 6 heteroatoms. The van der Waals surface area contributed by atoms with Crippen LogP contribution in [0, 0.1) is 0 Å². The standard InChI is InChI=1S/C15H19NO4S/c1-3-13(17)16(12(15(19)20)9-10-21-2)14(18)11-7-5-4-6-8-11/h4-8,12H,3,9-10H2,1-2H3,(H,19,20)/t12-/m0/s1. The van der Waals surface area contributed by atoms with E-state index in [4.69, 9.17) is 0 Å². The third-order valence-electron chi connectivity index (χ3n) is 3.00. The molecule has 0 saturated carbocycles. The van der Waals surface area contributed by atoms with Crippen LogP contribution in [0.4, 0.5) is 0 Å². The summed E-state index contributed by atoms with van der Waals surface area (Å²) in [5.74, 6) is -1.63. The first kappa shape index (κ1) is 17.2. The van der Waals surface area contributed by atoms with Gasteiger partial charge in [0.05, 0.1) is 0 Å². The molecule has 0 spiro atoms. The van der Waals surface area contributed by atoms with E-state index in [2.05, 4.69) is 0 Å². The van der Waals surface area contributed by atoms with Gasteiger partial charge in [-0.05, 0) is 30.6 Å². The number of benzene rings is 1. The Hall–Kier alpha value is -1.82. The van der Waals surface area contributed by atoms with E-state index in [9.17, 15) is 19.5 Å². The summed E-state index contributed by atoms with van der Waals surface area (Å²) in [6.45, 7) is 1.61. The lowest BCUT2D eigenvalue weighted by atomic mass is 10.1. The Balaban J connectivity index is 3.11. The number of carboxylic acid groups (broad SMARTS) is 1. The van der Waals surface area contributed by atoms with Crippen molar-refractivity contribution in [2.24, 2.45) is 0 Å². The number of carbonyl (C=O) groups is 3. The summed E-state index contributed by atoms with van der Waals surface area (Å²) in [6, 6.07) is 7.14. The number of hydrogen-bond donors (Lipinski definition) is 1. The fourth-order valence-corrected chi connectivity index (χ4v) is 2.37. The fourth-order valence-electron chi connectivity index (χ4n) is 1.91. The predicted octanol–water partition coefficient (Wildman–Crippen LogP) is 2.27. The van der Waals surface area contributed by atoms with Crippen LogP contribution >= 0.6 is 11.8 Å². The molecule has 5 nitrogen and oxygen atoms in total. The number of imide groups is 1. The van der Waals surface area contributed by atoms with Crippen molar-refractivity contribution in [1.82, 2.24) is 4.90 Å². The fraction of sp³-hybridized carbons (Fsp3) is 0.400. The second-order valence-electron chi connectivity index (χ2n) is 4.42. The minimum Gasteiger partial charge on any atom is -0.480 e. The first-order chi connectivity index (χ1) is 10.0. The van der Waals surface area contributed by atoms with Crippen LogP contribution in [0.1, 0.15) is 30.1 Å². The van der Waals surface area contributed by atoms with Gasteiger partial charge >= 0.3 is 5.97 Å². The molecule has 0 unspecified atom stereocenters. The summed E-state index contributed by atoms with van der Waals surface area (Å²) in [6.07, 6.45) is 2.17. The second kappa shape index (κ2) is 8.46. The molecule has 2 amide bonds. The molecular formula is C15H19NO4S. The van der Waals surface area contributed by atoms with Crippen LogP contribution in [0.25, 0.3) is 0 Å². The van der Waals surface area contributed by atoms with Gasteiger partial charge in [-0.3, -0.25) is 14.5 Å². The van der Waals surface area contributed by atoms with Crippen LogP contribution in [-0.2, 0) is 9.59 Å². The predicted molar refractivity (Wildman–Crippen MR) is 82.3 cm³/mol. The maximum atomic E-state index is 12.5. The molecule has 0 fully saturated rings. The molecule has 0 aliphatic carbocycles. The topological polar surface area (TPSA) is 74.7 Å². The van der Waals surface area contributed by atoms with Gasteiger partial charge in [-0.1, -0.05) is 25.1 Å². The smallest absolute Gasteiger partial charge is 0.326 e. The molecule has 114 valence electrons. The Morgan fingerprint density at radius 3 is 2.33 bits per heavy atom. The maximum Gasteiger partial charge on any atom is 0.326 e. The van der Waals surface area contributed by atoms with Crippen molar-refractivity contribution >= 4 is 29.5 Å². The van der Waals surface area contributed by atoms with E-state index >= 15 is 0 Å². The Morgan fingerprint density at radius 2 is 1.86 bits per heavy atom. The number of thioether (sulfide) groups is 1. The Labute approximate surface area is 128 Å². The third kappa shape index (κ3) is 4.60. The first-order valence-electron chi connectivity index (χ1n) is 6.66. The van der Waals surface area contributed by atoms with Gasteiger partial charge in [0.2, 0.25) is 5.91 Å². The molecule has 0 aliphatic rings. The van der Waals surface area contributed by atoms with Crippen molar-refractivity contribution < 1.29 is 19.5 Å². The molecule has 1 aromatic rings. The van der Waals surface area contributed by atoms with E-state index in [1.165, 1.54) is 11.8 Å². The first-order valence-corrected chi connectivity index (χ1v) is 8.05. The van der Waals surface area contributed by atoms with Crippen LogP contribution in [0.15, 0.2) is 30.3 Å². The van der Waals surface area contributed by atoms with E-state index < -0.39 is 23.8 Å². The normalized spacial score (nSPS) is 11.7. The van der Waals surface area contributed by atoms with Crippen LogP contribution in [0.3, 0.4) is 0 Å². The van der Waals surface area contributed by atoms with Gasteiger partial charge in [0.15, 0.2) is 0 Å². The quantitative estimate of drug-likeness (QED) is 0.836. The van der Waals surface area contributed by atoms with E-state index in [0.717, 1.165) is 4.90 Å². The highest BCUT2D eigenvalue weighted by molar-refractivity contribution is 7.98. The zero-order valence-electron chi connectivity index (χ0n) is 12.1. The lowest BCUT2D eigenvalue weighted by molar-refractivity contribution is -0.147. The maximum absolute atomic E-state index is 12.5. The van der Waals surface area contributed by atoms with Crippen LogP contribution < -0.4 is 0 Å². The number of amides is 2. The minimum absolute atomic E-state index is 0.0849. The monoisotopic (exact) mass is 309 g/mol. The van der Waals surface area contributed by atoms with Gasteiger partial charge in [-0.25, -0.2) is 4.79 Å². The molecule has 0 aromatic heterocycles. The minimum atomic E-state index is -1.16. The average Bonchev–Trinajstić information content (AvgIpc) is 2.50. The lowest BCUT2D eigenvalue weighted by Gasteiger charge is -2.27. The largest absolute Gasteiger partial charge is 0.480 e. The molecule has 0 bridgehead atoms. The molecule has 0 heterocycles. The van der Waals surface area contributed by atoms with Crippen molar-refractivity contribution in [3.63, 3.8) is 0 Å². The number of nitrogens with zero attached hydrogens (tertiary/aromatic N) is 1. The average molecular weight is 309 g/mol. The number of carboxylic acids is 1. The Morgan fingerprint density at radius 1 is 1.24 bits per heavy atom. The van der Waals surface area contributed by atoms with Crippen molar-refractivity contribution in [1.29, 1.82) is 0 Å². The van der Waals surface area contributed by atoms with Crippen molar-refractivity contribution in [3.8, 4) is 0 Å². The summed E-state index contributed by atoms with van der Waals surface area (Å²) in [5.41, 5.74) is 0.315. The SMILES string of the molecule is CCC(=O)N(C(=O)c1ccccc1)[C@@H](CCSC)C(=O)O. The highest BCUT2D eigenvalue weighted by Crippen LogP contribution is 2.15. The molecule has 0 radical (unpaired) electrons. The van der Waals surface area contributed by atoms with Crippen LogP contribution in [-0.4, -0.2) is 45.8 Å². The summed E-state index contributed by atoms with van der Waals surface area (Å²) in [7, 11) is 0. The highest BCUT2D eigenvalue weighted by atomic mass is 32.2. The molecule has 1 rings (SSSR count). The van der Waals surface area contributed by atoms with Gasteiger partial charge in [-0.2, -0.15) is 11.8 Å². The lowest BCUT2D eigenvalue weighted by Crippen LogP contribution is -2.48. The summed E-state index contributed by atoms with van der Waals surface area (Å²) in [4.78, 5) is 36.9. The van der Waals surface area contributed by atoms with E-state index in [1.54, 1.807) is 37.3 Å². The number of aliphatic carboxylic acids is 1. The van der Waals surface area contributed by atoms with Crippen LogP contribution in [0.2, 0.25) is 0 Å². The molecule has 0 aliphatic heterocycles. The van der Waals surface area contributed by atoms with E-state index in [0.29, 0.717) is 11.3 Å². The third-order valence-corrected chi connectivity index (χ3v) is 3.65. The summed E-state index contributed by atoms with van der Waals surface area (Å²) < 4.78 is 0. The number of carbonyl (C=O) groups excluding carboxylic acids is 2. The molecular weight excluding hydrogens is 290 g/mol. The van der Waals surface area contributed by atoms with E-state index in [-0.39, 0.29) is 12.8 Å². The molecule has 1 atom stereocenters. The molecule has 1 N–H and O–H groups in total. The van der Waals surface area contributed by atoms with Crippen LogP contribution in [0.5, 0.6) is 0 Å². The molecule has 21 heavy (non-hydrogen) atoms. The van der Waals surface area contributed by atoms with Crippen molar-refractivity contribution in [2.45, 2.75) is 25.8 Å². The van der Waals surface area contributed by atoms with Gasteiger partial charge < -0.3 is 5.11 Å². The summed E-state index contributed by atoms with van der Waals surface area (Å²) in [5, 5.41) is 9.36. The summed E-state index contributed by atoms with van der Waals surface area (Å²) >= 11 is 1.48. The van der Waals surface area contributed by atoms with Gasteiger partial charge in [-0.15, -0.1) is 0 Å².